The predicted molar refractivity (Wildman–Crippen MR) is 34.4 cm³/mol. The van der Waals surface area contributed by atoms with E-state index in [0.717, 1.165) is 0 Å². The minimum Gasteiger partial charge on any atom is -0.390 e. The van der Waals surface area contributed by atoms with Crippen LogP contribution in [0.3, 0.4) is 0 Å². The number of hydrogen-bond donors (Lipinski definition) is 1. The Hall–Kier alpha value is -0.460. The van der Waals surface area contributed by atoms with E-state index in [4.69, 9.17) is 5.11 Å². The minimum absolute atomic E-state index is 0.00958. The molecule has 1 fully saturated rings. The number of aliphatic hydroxyl groups is 1. The zero-order valence-electron chi connectivity index (χ0n) is 6.91. The largest absolute Gasteiger partial charge is 0.400 e. The maximum atomic E-state index is 11.9. The number of alkyl halides is 6. The third kappa shape index (κ3) is 2.76. The SMILES string of the molecule is OC1(CC(C(F)(F)F)C(F)(F)F)CC1. The van der Waals surface area contributed by atoms with Gasteiger partial charge in [0.1, 0.15) is 0 Å². The monoisotopic (exact) mass is 222 g/mol. The van der Waals surface area contributed by atoms with E-state index in [9.17, 15) is 26.3 Å². The molecule has 84 valence electrons. The average Bonchev–Trinajstić information content (AvgIpc) is 2.59. The normalized spacial score (nSPS) is 21.4. The maximum Gasteiger partial charge on any atom is 0.400 e. The Balaban J connectivity index is 2.73. The van der Waals surface area contributed by atoms with E-state index in [1.165, 1.54) is 0 Å². The van der Waals surface area contributed by atoms with Crippen molar-refractivity contribution in [3.63, 3.8) is 0 Å². The number of halogens is 6. The second kappa shape index (κ2) is 3.01. The van der Waals surface area contributed by atoms with Gasteiger partial charge in [-0.1, -0.05) is 0 Å². The topological polar surface area (TPSA) is 20.2 Å². The van der Waals surface area contributed by atoms with Crippen LogP contribution in [-0.4, -0.2) is 23.1 Å². The molecule has 14 heavy (non-hydrogen) atoms. The highest BCUT2D eigenvalue weighted by atomic mass is 19.4. The Morgan fingerprint density at radius 1 is 1.00 bits per heavy atom. The lowest BCUT2D eigenvalue weighted by Gasteiger charge is -2.24. The van der Waals surface area contributed by atoms with E-state index >= 15 is 0 Å². The van der Waals surface area contributed by atoms with Gasteiger partial charge in [0.25, 0.3) is 0 Å². The van der Waals surface area contributed by atoms with Gasteiger partial charge in [-0.3, -0.25) is 0 Å². The summed E-state index contributed by atoms with van der Waals surface area (Å²) in [4.78, 5) is 0. The van der Waals surface area contributed by atoms with Gasteiger partial charge in [0.2, 0.25) is 0 Å². The number of rotatable bonds is 2. The van der Waals surface area contributed by atoms with E-state index in [2.05, 4.69) is 0 Å². The zero-order chi connectivity index (χ0) is 11.2. The van der Waals surface area contributed by atoms with Gasteiger partial charge in [-0.15, -0.1) is 0 Å². The molecule has 1 aliphatic rings. The van der Waals surface area contributed by atoms with Crippen LogP contribution in [0.25, 0.3) is 0 Å². The first-order valence-electron chi connectivity index (χ1n) is 3.90. The maximum absolute atomic E-state index is 11.9. The Kier molecular flexibility index (Phi) is 2.50. The van der Waals surface area contributed by atoms with Gasteiger partial charge in [0.05, 0.1) is 5.60 Å². The molecule has 0 heterocycles. The van der Waals surface area contributed by atoms with Gasteiger partial charge in [-0.05, 0) is 19.3 Å². The highest BCUT2D eigenvalue weighted by Gasteiger charge is 2.60. The zero-order valence-corrected chi connectivity index (χ0v) is 6.91. The van der Waals surface area contributed by atoms with Crippen molar-refractivity contribution < 1.29 is 31.4 Å². The Labute approximate surface area is 75.7 Å². The molecule has 1 rings (SSSR count). The van der Waals surface area contributed by atoms with Gasteiger partial charge in [0, 0.05) is 0 Å². The Morgan fingerprint density at radius 2 is 1.36 bits per heavy atom. The molecule has 0 atom stereocenters. The summed E-state index contributed by atoms with van der Waals surface area (Å²) in [6, 6.07) is 0. The molecule has 0 aliphatic heterocycles. The van der Waals surface area contributed by atoms with Gasteiger partial charge >= 0.3 is 12.4 Å². The van der Waals surface area contributed by atoms with E-state index in [1.54, 1.807) is 0 Å². The summed E-state index contributed by atoms with van der Waals surface area (Å²) in [5.41, 5.74) is -1.75. The smallest absolute Gasteiger partial charge is 0.390 e. The molecule has 1 nitrogen and oxygen atoms in total. The highest BCUT2D eigenvalue weighted by molar-refractivity contribution is 4.97. The Morgan fingerprint density at radius 3 is 1.57 bits per heavy atom. The highest BCUT2D eigenvalue weighted by Crippen LogP contribution is 2.49. The molecule has 0 saturated heterocycles. The molecule has 0 bridgehead atoms. The van der Waals surface area contributed by atoms with Gasteiger partial charge < -0.3 is 5.11 Å². The second-order valence-electron chi connectivity index (χ2n) is 3.56. The molecule has 0 amide bonds. The van der Waals surface area contributed by atoms with Crippen molar-refractivity contribution >= 4 is 0 Å². The van der Waals surface area contributed by atoms with Crippen LogP contribution in [0.15, 0.2) is 0 Å². The fourth-order valence-electron chi connectivity index (χ4n) is 1.15. The van der Waals surface area contributed by atoms with Crippen LogP contribution in [0.2, 0.25) is 0 Å². The number of hydrogen-bond acceptors (Lipinski definition) is 1. The second-order valence-corrected chi connectivity index (χ2v) is 3.56. The fraction of sp³-hybridized carbons (Fsp3) is 1.00. The molecule has 0 unspecified atom stereocenters. The molecular weight excluding hydrogens is 214 g/mol. The predicted octanol–water partition coefficient (Wildman–Crippen LogP) is 2.64. The summed E-state index contributed by atoms with van der Waals surface area (Å²) in [7, 11) is 0. The molecule has 0 aromatic carbocycles. The molecular formula is C7H8F6O. The Bertz CT molecular complexity index is 199. The van der Waals surface area contributed by atoms with E-state index in [0.29, 0.717) is 0 Å². The summed E-state index contributed by atoms with van der Waals surface area (Å²) in [6.07, 6.45) is -11.9. The summed E-state index contributed by atoms with van der Waals surface area (Å²) in [5.74, 6) is -3.41. The average molecular weight is 222 g/mol. The van der Waals surface area contributed by atoms with Crippen LogP contribution in [-0.2, 0) is 0 Å². The third-order valence-corrected chi connectivity index (χ3v) is 2.20. The summed E-state index contributed by atoms with van der Waals surface area (Å²) < 4.78 is 71.7. The lowest BCUT2D eigenvalue weighted by Crippen LogP contribution is -2.39. The first kappa shape index (κ1) is 11.6. The van der Waals surface area contributed by atoms with Crippen LogP contribution >= 0.6 is 0 Å². The van der Waals surface area contributed by atoms with Crippen molar-refractivity contribution in [3.05, 3.63) is 0 Å². The van der Waals surface area contributed by atoms with Crippen molar-refractivity contribution in [2.45, 2.75) is 37.2 Å². The molecule has 0 spiro atoms. The van der Waals surface area contributed by atoms with Crippen LogP contribution < -0.4 is 0 Å². The quantitative estimate of drug-likeness (QED) is 0.712. The summed E-state index contributed by atoms with van der Waals surface area (Å²) in [5, 5.41) is 9.03. The van der Waals surface area contributed by atoms with Crippen molar-refractivity contribution in [2.24, 2.45) is 5.92 Å². The van der Waals surface area contributed by atoms with Crippen LogP contribution in [0.4, 0.5) is 26.3 Å². The van der Waals surface area contributed by atoms with Crippen LogP contribution in [0.5, 0.6) is 0 Å². The minimum atomic E-state index is -5.34. The first-order chi connectivity index (χ1) is 6.05. The van der Waals surface area contributed by atoms with Crippen molar-refractivity contribution in [1.29, 1.82) is 0 Å². The molecule has 0 radical (unpaired) electrons. The van der Waals surface area contributed by atoms with Gasteiger partial charge in [-0.2, -0.15) is 26.3 Å². The van der Waals surface area contributed by atoms with Gasteiger partial charge in [0.15, 0.2) is 5.92 Å². The van der Waals surface area contributed by atoms with Crippen molar-refractivity contribution in [3.8, 4) is 0 Å². The summed E-state index contributed by atoms with van der Waals surface area (Å²) in [6.45, 7) is 0. The molecule has 1 aliphatic carbocycles. The van der Waals surface area contributed by atoms with Crippen molar-refractivity contribution in [1.82, 2.24) is 0 Å². The van der Waals surface area contributed by atoms with Gasteiger partial charge in [-0.25, -0.2) is 0 Å². The van der Waals surface area contributed by atoms with Crippen molar-refractivity contribution in [2.75, 3.05) is 0 Å². The van der Waals surface area contributed by atoms with Crippen LogP contribution in [0, 0.1) is 5.92 Å². The van der Waals surface area contributed by atoms with E-state index in [1.807, 2.05) is 0 Å². The lowest BCUT2D eigenvalue weighted by molar-refractivity contribution is -0.291. The lowest BCUT2D eigenvalue weighted by atomic mass is 9.99. The standard InChI is InChI=1S/C7H8F6O/c8-6(9,10)4(7(11,12)13)3-5(14)1-2-5/h4,14H,1-3H2. The van der Waals surface area contributed by atoms with E-state index < -0.39 is 30.3 Å². The molecule has 0 aromatic heterocycles. The molecule has 1 N–H and O–H groups in total. The third-order valence-electron chi connectivity index (χ3n) is 2.20. The molecule has 0 aromatic rings. The van der Waals surface area contributed by atoms with Crippen LogP contribution in [0.1, 0.15) is 19.3 Å². The first-order valence-corrected chi connectivity index (χ1v) is 3.90. The molecule has 1 saturated carbocycles. The fourth-order valence-corrected chi connectivity index (χ4v) is 1.15. The molecule has 7 heteroatoms. The van der Waals surface area contributed by atoms with E-state index in [-0.39, 0.29) is 12.8 Å². The summed E-state index contributed by atoms with van der Waals surface area (Å²) >= 11 is 0.